The lowest BCUT2D eigenvalue weighted by atomic mass is 9.88. The van der Waals surface area contributed by atoms with Crippen LogP contribution in [0.2, 0.25) is 0 Å². The SMILES string of the molecule is COc1cccc(-c2ccc(C3(c4ccccc4)NC(=N)N(C)C3=O)s2)c1. The molecule has 136 valence electrons. The minimum Gasteiger partial charge on any atom is -0.497 e. The quantitative estimate of drug-likeness (QED) is 0.729. The van der Waals surface area contributed by atoms with Crippen LogP contribution < -0.4 is 10.1 Å². The Balaban J connectivity index is 1.85. The smallest absolute Gasteiger partial charge is 0.265 e. The summed E-state index contributed by atoms with van der Waals surface area (Å²) < 4.78 is 5.32. The number of benzene rings is 2. The molecule has 1 unspecified atom stereocenters. The molecule has 6 heteroatoms. The van der Waals surface area contributed by atoms with Crippen LogP contribution in [0.4, 0.5) is 0 Å². The average Bonchev–Trinajstić information content (AvgIpc) is 3.29. The number of rotatable bonds is 4. The molecule has 0 bridgehead atoms. The maximum Gasteiger partial charge on any atom is 0.265 e. The highest BCUT2D eigenvalue weighted by Crippen LogP contribution is 2.41. The van der Waals surface area contributed by atoms with E-state index in [-0.39, 0.29) is 11.9 Å². The number of thiophene rings is 1. The Bertz CT molecular complexity index is 1020. The third kappa shape index (κ3) is 2.69. The zero-order chi connectivity index (χ0) is 19.0. The lowest BCUT2D eigenvalue weighted by Crippen LogP contribution is -2.44. The molecule has 1 aliphatic heterocycles. The van der Waals surface area contributed by atoms with E-state index < -0.39 is 5.54 Å². The van der Waals surface area contributed by atoms with Crippen molar-refractivity contribution in [3.63, 3.8) is 0 Å². The first-order valence-electron chi connectivity index (χ1n) is 8.51. The van der Waals surface area contributed by atoms with Crippen LogP contribution in [0.5, 0.6) is 5.75 Å². The van der Waals surface area contributed by atoms with Crippen molar-refractivity contribution in [1.29, 1.82) is 5.41 Å². The van der Waals surface area contributed by atoms with Crippen LogP contribution in [0.25, 0.3) is 10.4 Å². The van der Waals surface area contributed by atoms with Gasteiger partial charge in [0.1, 0.15) is 5.75 Å². The number of hydrogen-bond donors (Lipinski definition) is 2. The summed E-state index contributed by atoms with van der Waals surface area (Å²) in [5, 5.41) is 11.3. The normalized spacial score (nSPS) is 19.3. The van der Waals surface area contributed by atoms with Gasteiger partial charge in [-0.3, -0.25) is 15.1 Å². The van der Waals surface area contributed by atoms with Gasteiger partial charge in [-0.05, 0) is 35.4 Å². The van der Waals surface area contributed by atoms with Gasteiger partial charge in [0.15, 0.2) is 11.5 Å². The van der Waals surface area contributed by atoms with Crippen molar-refractivity contribution < 1.29 is 9.53 Å². The molecule has 1 saturated heterocycles. The van der Waals surface area contributed by atoms with Gasteiger partial charge in [0, 0.05) is 16.8 Å². The molecule has 27 heavy (non-hydrogen) atoms. The standard InChI is InChI=1S/C21H19N3O2S/c1-24-19(25)21(23-20(24)22,15-8-4-3-5-9-15)18-12-11-17(27-18)14-7-6-10-16(13-14)26-2/h3-13H,1-2H3,(H2,22,23). The van der Waals surface area contributed by atoms with E-state index >= 15 is 0 Å². The molecule has 2 N–H and O–H groups in total. The Morgan fingerprint density at radius 2 is 1.85 bits per heavy atom. The lowest BCUT2D eigenvalue weighted by molar-refractivity contribution is -0.129. The van der Waals surface area contributed by atoms with Gasteiger partial charge in [0.25, 0.3) is 5.91 Å². The van der Waals surface area contributed by atoms with Crippen LogP contribution in [0.1, 0.15) is 10.4 Å². The monoisotopic (exact) mass is 377 g/mol. The molecule has 0 radical (unpaired) electrons. The maximum absolute atomic E-state index is 13.2. The molecule has 0 aliphatic carbocycles. The first kappa shape index (κ1) is 17.3. The van der Waals surface area contributed by atoms with E-state index in [1.54, 1.807) is 25.5 Å². The zero-order valence-corrected chi connectivity index (χ0v) is 15.8. The van der Waals surface area contributed by atoms with Crippen molar-refractivity contribution in [2.45, 2.75) is 5.54 Å². The predicted molar refractivity (Wildman–Crippen MR) is 107 cm³/mol. The fourth-order valence-electron chi connectivity index (χ4n) is 3.33. The minimum atomic E-state index is -1.07. The first-order valence-corrected chi connectivity index (χ1v) is 9.33. The van der Waals surface area contributed by atoms with Gasteiger partial charge in [-0.2, -0.15) is 0 Å². The summed E-state index contributed by atoms with van der Waals surface area (Å²) in [6.45, 7) is 0. The second kappa shape index (κ2) is 6.55. The molecular formula is C21H19N3O2S. The van der Waals surface area contributed by atoms with Gasteiger partial charge in [0.05, 0.1) is 7.11 Å². The van der Waals surface area contributed by atoms with Gasteiger partial charge in [-0.25, -0.2) is 0 Å². The number of guanidine groups is 1. The van der Waals surface area contributed by atoms with Crippen molar-refractivity contribution in [2.24, 2.45) is 0 Å². The van der Waals surface area contributed by atoms with Gasteiger partial charge in [-0.15, -0.1) is 11.3 Å². The molecule has 1 aliphatic rings. The number of amides is 1. The Morgan fingerprint density at radius 3 is 2.52 bits per heavy atom. The van der Waals surface area contributed by atoms with Gasteiger partial charge in [0.2, 0.25) is 0 Å². The summed E-state index contributed by atoms with van der Waals surface area (Å²) in [6, 6.07) is 21.4. The van der Waals surface area contributed by atoms with Gasteiger partial charge in [-0.1, -0.05) is 42.5 Å². The summed E-state index contributed by atoms with van der Waals surface area (Å²) in [4.78, 5) is 16.4. The molecule has 1 fully saturated rings. The Morgan fingerprint density at radius 1 is 1.07 bits per heavy atom. The summed E-state index contributed by atoms with van der Waals surface area (Å²) >= 11 is 1.54. The van der Waals surface area contributed by atoms with Crippen LogP contribution in [-0.4, -0.2) is 30.9 Å². The Hall–Kier alpha value is -3.12. The largest absolute Gasteiger partial charge is 0.497 e. The second-order valence-electron chi connectivity index (χ2n) is 6.35. The average molecular weight is 377 g/mol. The summed E-state index contributed by atoms with van der Waals surface area (Å²) in [5.41, 5.74) is 0.778. The van der Waals surface area contributed by atoms with Crippen molar-refractivity contribution in [2.75, 3.05) is 14.2 Å². The first-order chi connectivity index (χ1) is 13.1. The van der Waals surface area contributed by atoms with E-state index in [4.69, 9.17) is 10.1 Å². The molecule has 1 atom stereocenters. The third-order valence-electron chi connectivity index (χ3n) is 4.80. The van der Waals surface area contributed by atoms with Crippen molar-refractivity contribution >= 4 is 23.2 Å². The fourth-order valence-corrected chi connectivity index (χ4v) is 4.50. The molecule has 2 heterocycles. The van der Waals surface area contributed by atoms with Crippen LogP contribution in [0.15, 0.2) is 66.7 Å². The summed E-state index contributed by atoms with van der Waals surface area (Å²) in [5.74, 6) is 0.731. The summed E-state index contributed by atoms with van der Waals surface area (Å²) in [6.07, 6.45) is 0. The van der Waals surface area contributed by atoms with Crippen LogP contribution >= 0.6 is 11.3 Å². The number of likely N-dealkylation sites (N-methyl/N-ethyl adjacent to an activating group) is 1. The highest BCUT2D eigenvalue weighted by atomic mass is 32.1. The number of hydrogen-bond acceptors (Lipinski definition) is 4. The van der Waals surface area contributed by atoms with Crippen molar-refractivity contribution in [3.05, 3.63) is 77.2 Å². The maximum atomic E-state index is 13.2. The number of nitrogens with zero attached hydrogens (tertiary/aromatic N) is 1. The number of nitrogens with one attached hydrogen (secondary N) is 2. The van der Waals surface area contributed by atoms with E-state index in [1.807, 2.05) is 66.7 Å². The highest BCUT2D eigenvalue weighted by molar-refractivity contribution is 7.15. The Kier molecular flexibility index (Phi) is 4.20. The van der Waals surface area contributed by atoms with Crippen molar-refractivity contribution in [3.8, 4) is 16.2 Å². The zero-order valence-electron chi connectivity index (χ0n) is 15.0. The molecule has 2 aromatic carbocycles. The van der Waals surface area contributed by atoms with E-state index in [0.717, 1.165) is 26.6 Å². The Labute approximate surface area is 161 Å². The molecule has 4 rings (SSSR count). The lowest BCUT2D eigenvalue weighted by Gasteiger charge is -2.26. The molecule has 5 nitrogen and oxygen atoms in total. The number of carbonyl (C=O) groups is 1. The van der Waals surface area contributed by atoms with E-state index in [2.05, 4.69) is 5.32 Å². The fraction of sp³-hybridized carbons (Fsp3) is 0.143. The minimum absolute atomic E-state index is 0.0974. The molecule has 0 saturated carbocycles. The van der Waals surface area contributed by atoms with E-state index in [0.29, 0.717) is 0 Å². The second-order valence-corrected chi connectivity index (χ2v) is 7.43. The molecule has 3 aromatic rings. The predicted octanol–water partition coefficient (Wildman–Crippen LogP) is 3.66. The molecule has 1 amide bonds. The van der Waals surface area contributed by atoms with Crippen molar-refractivity contribution in [1.82, 2.24) is 10.2 Å². The van der Waals surface area contributed by atoms with E-state index in [1.165, 1.54) is 4.90 Å². The van der Waals surface area contributed by atoms with Crippen LogP contribution in [0, 0.1) is 5.41 Å². The van der Waals surface area contributed by atoms with Gasteiger partial charge >= 0.3 is 0 Å². The highest BCUT2D eigenvalue weighted by Gasteiger charge is 2.51. The van der Waals surface area contributed by atoms with E-state index in [9.17, 15) is 4.79 Å². The van der Waals surface area contributed by atoms with Crippen LogP contribution in [-0.2, 0) is 10.3 Å². The van der Waals surface area contributed by atoms with Gasteiger partial charge < -0.3 is 10.1 Å². The number of ether oxygens (including phenoxy) is 1. The molecule has 1 aromatic heterocycles. The van der Waals surface area contributed by atoms with Crippen LogP contribution in [0.3, 0.4) is 0 Å². The number of carbonyl (C=O) groups excluding carboxylic acids is 1. The summed E-state index contributed by atoms with van der Waals surface area (Å²) in [7, 11) is 3.27. The third-order valence-corrected chi connectivity index (χ3v) is 6.06. The topological polar surface area (TPSA) is 65.4 Å². The number of methoxy groups -OCH3 is 1. The molecule has 0 spiro atoms. The molecular weight excluding hydrogens is 358 g/mol.